The quantitative estimate of drug-likeness (QED) is 0.647. The molecule has 1 heteroatoms. The van der Waals surface area contributed by atoms with Gasteiger partial charge in [-0.2, -0.15) is 0 Å². The summed E-state index contributed by atoms with van der Waals surface area (Å²) in [7, 11) is 0. The summed E-state index contributed by atoms with van der Waals surface area (Å²) in [4.78, 5) is 4.66. The summed E-state index contributed by atoms with van der Waals surface area (Å²) in [5, 5.41) is 0. The summed E-state index contributed by atoms with van der Waals surface area (Å²) in [5.74, 6) is 0. The lowest BCUT2D eigenvalue weighted by molar-refractivity contribution is 0.918. The van der Waals surface area contributed by atoms with E-state index in [0.29, 0.717) is 0 Å². The molecule has 0 aromatic heterocycles. The summed E-state index contributed by atoms with van der Waals surface area (Å²) in [5.41, 5.74) is 6.34. The van der Waals surface area contributed by atoms with Crippen LogP contribution in [0.4, 0.5) is 5.69 Å². The summed E-state index contributed by atoms with van der Waals surface area (Å²) >= 11 is 0. The monoisotopic (exact) mass is 203 g/mol. The van der Waals surface area contributed by atoms with Crippen molar-refractivity contribution in [2.24, 2.45) is 4.99 Å². The van der Waals surface area contributed by atoms with Crippen molar-refractivity contribution < 1.29 is 0 Å². The highest BCUT2D eigenvalue weighted by Gasteiger charge is 2.06. The zero-order chi connectivity index (χ0) is 11.4. The second-order valence-electron chi connectivity index (χ2n) is 4.32. The number of aryl methyl sites for hydroxylation is 2. The summed E-state index contributed by atoms with van der Waals surface area (Å²) < 4.78 is 0. The fourth-order valence-electron chi connectivity index (χ4n) is 1.71. The van der Waals surface area contributed by atoms with E-state index in [1.807, 2.05) is 0 Å². The summed E-state index contributed by atoms with van der Waals surface area (Å²) in [6.07, 6.45) is 2.29. The lowest BCUT2D eigenvalue weighted by Gasteiger charge is -2.11. The van der Waals surface area contributed by atoms with E-state index in [0.717, 1.165) is 12.1 Å². The fourth-order valence-corrected chi connectivity index (χ4v) is 1.71. The second-order valence-corrected chi connectivity index (χ2v) is 4.32. The van der Waals surface area contributed by atoms with Crippen molar-refractivity contribution in [3.05, 3.63) is 28.8 Å². The Morgan fingerprint density at radius 3 is 2.40 bits per heavy atom. The van der Waals surface area contributed by atoms with Gasteiger partial charge in [0.05, 0.1) is 5.69 Å². The third-order valence-corrected chi connectivity index (χ3v) is 2.64. The number of benzene rings is 1. The van der Waals surface area contributed by atoms with Gasteiger partial charge >= 0.3 is 0 Å². The van der Waals surface area contributed by atoms with Crippen molar-refractivity contribution >= 4 is 11.4 Å². The van der Waals surface area contributed by atoms with E-state index in [1.165, 1.54) is 28.8 Å². The number of hydrogen-bond donors (Lipinski definition) is 0. The van der Waals surface area contributed by atoms with E-state index < -0.39 is 0 Å². The van der Waals surface area contributed by atoms with Gasteiger partial charge in [0.2, 0.25) is 0 Å². The molecule has 0 saturated carbocycles. The Balaban J connectivity index is 3.28. The first-order chi connectivity index (χ1) is 7.06. The summed E-state index contributed by atoms with van der Waals surface area (Å²) in [6, 6.07) is 4.41. The molecule has 0 heterocycles. The van der Waals surface area contributed by atoms with Crippen LogP contribution in [0.25, 0.3) is 0 Å². The van der Waals surface area contributed by atoms with Crippen molar-refractivity contribution in [3.63, 3.8) is 0 Å². The van der Waals surface area contributed by atoms with Crippen LogP contribution >= 0.6 is 0 Å². The average molecular weight is 203 g/mol. The predicted octanol–water partition coefficient (Wildman–Crippen LogP) is 4.37. The number of rotatable bonds is 3. The molecule has 0 bridgehead atoms. The first-order valence-corrected chi connectivity index (χ1v) is 5.67. The highest BCUT2D eigenvalue weighted by atomic mass is 14.7. The van der Waals surface area contributed by atoms with Crippen LogP contribution in [0, 0.1) is 13.8 Å². The largest absolute Gasteiger partial charge is 0.258 e. The topological polar surface area (TPSA) is 12.4 Å². The maximum atomic E-state index is 4.66. The van der Waals surface area contributed by atoms with Gasteiger partial charge in [0.1, 0.15) is 0 Å². The van der Waals surface area contributed by atoms with Gasteiger partial charge in [-0.05, 0) is 50.8 Å². The molecule has 0 aliphatic heterocycles. The normalized spacial score (nSPS) is 10.2. The maximum absolute atomic E-state index is 4.66. The predicted molar refractivity (Wildman–Crippen MR) is 68.4 cm³/mol. The van der Waals surface area contributed by atoms with Crippen molar-refractivity contribution in [3.8, 4) is 0 Å². The minimum atomic E-state index is 1.12. The molecule has 0 saturated heterocycles. The molecule has 0 amide bonds. The zero-order valence-corrected chi connectivity index (χ0v) is 10.5. The Morgan fingerprint density at radius 2 is 1.87 bits per heavy atom. The van der Waals surface area contributed by atoms with E-state index in [4.69, 9.17) is 0 Å². The molecule has 82 valence electrons. The van der Waals surface area contributed by atoms with Gasteiger partial charge in [-0.1, -0.05) is 25.5 Å². The van der Waals surface area contributed by atoms with Crippen LogP contribution in [0.2, 0.25) is 0 Å². The van der Waals surface area contributed by atoms with E-state index in [2.05, 4.69) is 51.7 Å². The highest BCUT2D eigenvalue weighted by Crippen LogP contribution is 2.28. The molecular formula is C14H21N. The highest BCUT2D eigenvalue weighted by molar-refractivity contribution is 5.83. The van der Waals surface area contributed by atoms with Gasteiger partial charge < -0.3 is 0 Å². The Labute approximate surface area is 93.2 Å². The first-order valence-electron chi connectivity index (χ1n) is 5.67. The summed E-state index contributed by atoms with van der Waals surface area (Å²) in [6.45, 7) is 10.6. The molecular weight excluding hydrogens is 182 g/mol. The lowest BCUT2D eigenvalue weighted by atomic mass is 10.00. The van der Waals surface area contributed by atoms with Crippen LogP contribution in [0.5, 0.6) is 0 Å². The van der Waals surface area contributed by atoms with Crippen LogP contribution in [-0.2, 0) is 6.42 Å². The van der Waals surface area contributed by atoms with Gasteiger partial charge in [0.15, 0.2) is 0 Å². The van der Waals surface area contributed by atoms with Gasteiger partial charge in [-0.3, -0.25) is 4.99 Å². The standard InChI is InChI=1S/C14H21N/c1-6-7-13-9-8-11(4)12(5)14(13)15-10(2)3/h8-9H,6-7H2,1-5H3. The number of nitrogens with zero attached hydrogens (tertiary/aromatic N) is 1. The molecule has 15 heavy (non-hydrogen) atoms. The van der Waals surface area contributed by atoms with Crippen LogP contribution in [0.3, 0.4) is 0 Å². The molecule has 0 fully saturated rings. The molecule has 0 N–H and O–H groups in total. The molecule has 1 rings (SSSR count). The molecule has 0 spiro atoms. The van der Waals surface area contributed by atoms with Crippen molar-refractivity contribution in [1.29, 1.82) is 0 Å². The van der Waals surface area contributed by atoms with E-state index >= 15 is 0 Å². The SMILES string of the molecule is CCCc1ccc(C)c(C)c1N=C(C)C. The van der Waals surface area contributed by atoms with Crippen LogP contribution in [-0.4, -0.2) is 5.71 Å². The third-order valence-electron chi connectivity index (χ3n) is 2.64. The van der Waals surface area contributed by atoms with E-state index in [-0.39, 0.29) is 0 Å². The number of aliphatic imine (C=N–C) groups is 1. The minimum absolute atomic E-state index is 1.12. The first kappa shape index (κ1) is 12.0. The molecule has 0 aliphatic rings. The second kappa shape index (κ2) is 5.11. The number of hydrogen-bond acceptors (Lipinski definition) is 1. The molecule has 0 radical (unpaired) electrons. The lowest BCUT2D eigenvalue weighted by Crippen LogP contribution is -1.92. The Morgan fingerprint density at radius 1 is 1.20 bits per heavy atom. The molecule has 0 aliphatic carbocycles. The Hall–Kier alpha value is -1.11. The van der Waals surface area contributed by atoms with Crippen LogP contribution in [0.15, 0.2) is 17.1 Å². The maximum Gasteiger partial charge on any atom is 0.0692 e. The van der Waals surface area contributed by atoms with Crippen molar-refractivity contribution in [2.45, 2.75) is 47.5 Å². The molecule has 0 unspecified atom stereocenters. The van der Waals surface area contributed by atoms with Gasteiger partial charge in [-0.15, -0.1) is 0 Å². The van der Waals surface area contributed by atoms with Crippen molar-refractivity contribution in [1.82, 2.24) is 0 Å². The van der Waals surface area contributed by atoms with Crippen LogP contribution < -0.4 is 0 Å². The van der Waals surface area contributed by atoms with Gasteiger partial charge in [0.25, 0.3) is 0 Å². The van der Waals surface area contributed by atoms with E-state index in [9.17, 15) is 0 Å². The van der Waals surface area contributed by atoms with Crippen molar-refractivity contribution in [2.75, 3.05) is 0 Å². The molecule has 0 atom stereocenters. The fraction of sp³-hybridized carbons (Fsp3) is 0.500. The zero-order valence-electron chi connectivity index (χ0n) is 10.5. The average Bonchev–Trinajstić information content (AvgIpc) is 2.17. The van der Waals surface area contributed by atoms with Crippen LogP contribution in [0.1, 0.15) is 43.9 Å². The van der Waals surface area contributed by atoms with Gasteiger partial charge in [-0.25, -0.2) is 0 Å². The molecule has 1 aromatic carbocycles. The Bertz CT molecular complexity index is 371. The minimum Gasteiger partial charge on any atom is -0.258 e. The molecule has 1 aromatic rings. The molecule has 1 nitrogen and oxygen atoms in total. The van der Waals surface area contributed by atoms with Gasteiger partial charge in [0, 0.05) is 5.71 Å². The Kier molecular flexibility index (Phi) is 4.07. The third kappa shape index (κ3) is 2.92. The smallest absolute Gasteiger partial charge is 0.0692 e. The van der Waals surface area contributed by atoms with E-state index in [1.54, 1.807) is 0 Å².